The van der Waals surface area contributed by atoms with Gasteiger partial charge in [-0.05, 0) is 24.6 Å². The number of urea groups is 1. The molecule has 6 nitrogen and oxygen atoms in total. The summed E-state index contributed by atoms with van der Waals surface area (Å²) in [5, 5.41) is 2.76. The molecule has 118 valence electrons. The zero-order valence-corrected chi connectivity index (χ0v) is 14.3. The van der Waals surface area contributed by atoms with Crippen LogP contribution in [0.2, 0.25) is 19.6 Å². The average molecular weight is 319 g/mol. The number of primary amides is 1. The Morgan fingerprint density at radius 3 is 2.23 bits per heavy atom. The Bertz CT molecular complexity index is 636. The number of hydrogen-bond donors (Lipinski definition) is 2. The fourth-order valence-electron chi connectivity index (χ4n) is 2.48. The molecular formula is C15H21N3O3Si. The largest absolute Gasteiger partial charge is 0.366 e. The minimum Gasteiger partial charge on any atom is -0.366 e. The van der Waals surface area contributed by atoms with Crippen molar-refractivity contribution < 1.29 is 14.4 Å². The third-order valence-corrected chi connectivity index (χ3v) is 4.92. The maximum atomic E-state index is 12.7. The van der Waals surface area contributed by atoms with Crippen molar-refractivity contribution in [2.75, 3.05) is 6.17 Å². The Hall–Kier alpha value is -2.15. The second-order valence-electron chi connectivity index (χ2n) is 6.95. The van der Waals surface area contributed by atoms with Crippen molar-refractivity contribution in [3.63, 3.8) is 0 Å². The Morgan fingerprint density at radius 2 is 1.77 bits per heavy atom. The molecule has 7 heteroatoms. The molecule has 1 aliphatic rings. The number of hydrogen-bond acceptors (Lipinski definition) is 3. The van der Waals surface area contributed by atoms with Crippen molar-refractivity contribution in [1.29, 1.82) is 0 Å². The molecule has 0 aromatic heterocycles. The standard InChI is InChI=1S/C15H21N3O3Si/c1-15(11-7-5-10(6-8-11)12(16)19)13(20)18(14(21)17-15)9-22(2,3)4/h5-8H,9H2,1-4H3,(H2,16,19)(H,17,21)/t15-/m0/s1. The highest BCUT2D eigenvalue weighted by Crippen LogP contribution is 2.29. The summed E-state index contributed by atoms with van der Waals surface area (Å²) in [6, 6.07) is 6.05. The number of rotatable bonds is 4. The predicted molar refractivity (Wildman–Crippen MR) is 85.9 cm³/mol. The Morgan fingerprint density at radius 1 is 1.23 bits per heavy atom. The summed E-state index contributed by atoms with van der Waals surface area (Å²) < 4.78 is 0. The van der Waals surface area contributed by atoms with Gasteiger partial charge >= 0.3 is 6.03 Å². The summed E-state index contributed by atoms with van der Waals surface area (Å²) in [4.78, 5) is 37.3. The number of amides is 4. The molecule has 1 aromatic carbocycles. The summed E-state index contributed by atoms with van der Waals surface area (Å²) in [5.41, 5.74) is 5.10. The smallest absolute Gasteiger partial charge is 0.325 e. The van der Waals surface area contributed by atoms with Gasteiger partial charge in [-0.25, -0.2) is 4.79 Å². The SMILES string of the molecule is C[C@@]1(c2ccc(C(N)=O)cc2)NC(=O)N(C[Si](C)(C)C)C1=O. The Balaban J connectivity index is 2.32. The van der Waals surface area contributed by atoms with Crippen LogP contribution in [0.15, 0.2) is 24.3 Å². The Kier molecular flexibility index (Phi) is 3.86. The average Bonchev–Trinajstić information content (AvgIpc) is 2.62. The minimum absolute atomic E-state index is 0.258. The lowest BCUT2D eigenvalue weighted by Gasteiger charge is -2.25. The van der Waals surface area contributed by atoms with E-state index >= 15 is 0 Å². The van der Waals surface area contributed by atoms with Crippen LogP contribution in [-0.2, 0) is 10.3 Å². The van der Waals surface area contributed by atoms with Crippen molar-refractivity contribution in [2.45, 2.75) is 32.1 Å². The molecule has 2 rings (SSSR count). The van der Waals surface area contributed by atoms with Gasteiger partial charge in [-0.2, -0.15) is 0 Å². The molecule has 0 radical (unpaired) electrons. The molecule has 0 spiro atoms. The van der Waals surface area contributed by atoms with Gasteiger partial charge in [0.15, 0.2) is 0 Å². The molecule has 4 amide bonds. The number of nitrogens with one attached hydrogen (secondary N) is 1. The van der Waals surface area contributed by atoms with E-state index < -0.39 is 19.5 Å². The van der Waals surface area contributed by atoms with Crippen LogP contribution in [0.4, 0.5) is 4.79 Å². The van der Waals surface area contributed by atoms with Crippen LogP contribution in [-0.4, -0.2) is 37.0 Å². The maximum Gasteiger partial charge on any atom is 0.325 e. The van der Waals surface area contributed by atoms with Gasteiger partial charge in [-0.15, -0.1) is 0 Å². The lowest BCUT2D eigenvalue weighted by atomic mass is 9.91. The predicted octanol–water partition coefficient (Wildman–Crippen LogP) is 1.43. The van der Waals surface area contributed by atoms with E-state index in [0.717, 1.165) is 0 Å². The second kappa shape index (κ2) is 5.24. The van der Waals surface area contributed by atoms with Gasteiger partial charge in [0.25, 0.3) is 5.91 Å². The van der Waals surface area contributed by atoms with Crippen molar-refractivity contribution in [1.82, 2.24) is 10.2 Å². The van der Waals surface area contributed by atoms with E-state index in [4.69, 9.17) is 5.73 Å². The van der Waals surface area contributed by atoms with Gasteiger partial charge in [0.2, 0.25) is 5.91 Å². The van der Waals surface area contributed by atoms with Gasteiger partial charge in [0.1, 0.15) is 5.54 Å². The number of nitrogens with zero attached hydrogens (tertiary/aromatic N) is 1. The number of carbonyl (C=O) groups is 3. The molecular weight excluding hydrogens is 298 g/mol. The number of imide groups is 1. The minimum atomic E-state index is -1.61. The van der Waals surface area contributed by atoms with Gasteiger partial charge in [0, 0.05) is 11.7 Å². The molecule has 0 aliphatic carbocycles. The normalized spacial score (nSPS) is 21.9. The first-order valence-corrected chi connectivity index (χ1v) is 10.8. The van der Waals surface area contributed by atoms with Crippen LogP contribution in [0.1, 0.15) is 22.8 Å². The quantitative estimate of drug-likeness (QED) is 0.649. The fraction of sp³-hybridized carbons (Fsp3) is 0.400. The van der Waals surface area contributed by atoms with Crippen LogP contribution in [0.5, 0.6) is 0 Å². The second-order valence-corrected chi connectivity index (χ2v) is 12.4. The summed E-state index contributed by atoms with van der Waals surface area (Å²) in [6.45, 7) is 7.98. The lowest BCUT2D eigenvalue weighted by molar-refractivity contribution is -0.130. The van der Waals surface area contributed by atoms with E-state index in [1.165, 1.54) is 4.90 Å². The fourth-order valence-corrected chi connectivity index (χ4v) is 3.71. The van der Waals surface area contributed by atoms with Crippen LogP contribution in [0.25, 0.3) is 0 Å². The number of benzene rings is 1. The van der Waals surface area contributed by atoms with Crippen LogP contribution in [0.3, 0.4) is 0 Å². The van der Waals surface area contributed by atoms with Gasteiger partial charge in [0.05, 0.1) is 8.07 Å². The van der Waals surface area contributed by atoms with Crippen molar-refractivity contribution in [3.8, 4) is 0 Å². The molecule has 1 atom stereocenters. The van der Waals surface area contributed by atoms with E-state index in [1.54, 1.807) is 31.2 Å². The summed E-state index contributed by atoms with van der Waals surface area (Å²) in [5.74, 6) is -0.786. The first-order chi connectivity index (χ1) is 10.0. The molecule has 1 aromatic rings. The molecule has 1 saturated heterocycles. The number of nitrogens with two attached hydrogens (primary N) is 1. The van der Waals surface area contributed by atoms with Crippen LogP contribution < -0.4 is 11.1 Å². The van der Waals surface area contributed by atoms with Crippen LogP contribution >= 0.6 is 0 Å². The Labute approximate surface area is 130 Å². The first-order valence-electron chi connectivity index (χ1n) is 7.09. The lowest BCUT2D eigenvalue weighted by Crippen LogP contribution is -2.45. The molecule has 1 heterocycles. The molecule has 22 heavy (non-hydrogen) atoms. The maximum absolute atomic E-state index is 12.7. The highest BCUT2D eigenvalue weighted by molar-refractivity contribution is 6.76. The van der Waals surface area contributed by atoms with Crippen molar-refractivity contribution in [3.05, 3.63) is 35.4 Å². The van der Waals surface area contributed by atoms with E-state index in [2.05, 4.69) is 25.0 Å². The highest BCUT2D eigenvalue weighted by atomic mass is 28.3. The van der Waals surface area contributed by atoms with E-state index in [1.807, 2.05) is 0 Å². The zero-order valence-electron chi connectivity index (χ0n) is 13.3. The first kappa shape index (κ1) is 16.2. The van der Waals surface area contributed by atoms with Crippen molar-refractivity contribution >= 4 is 25.9 Å². The topological polar surface area (TPSA) is 92.5 Å². The molecule has 1 aliphatic heterocycles. The summed E-state index contributed by atoms with van der Waals surface area (Å²) in [7, 11) is -1.61. The molecule has 0 bridgehead atoms. The summed E-state index contributed by atoms with van der Waals surface area (Å²) >= 11 is 0. The van der Waals surface area contributed by atoms with Gasteiger partial charge < -0.3 is 11.1 Å². The monoisotopic (exact) mass is 319 g/mol. The van der Waals surface area contributed by atoms with E-state index in [9.17, 15) is 14.4 Å². The third-order valence-electron chi connectivity index (χ3n) is 3.65. The molecule has 1 fully saturated rings. The summed E-state index contributed by atoms with van der Waals surface area (Å²) in [6.07, 6.45) is 0.479. The van der Waals surface area contributed by atoms with Crippen molar-refractivity contribution in [2.24, 2.45) is 5.73 Å². The number of carbonyl (C=O) groups excluding carboxylic acids is 3. The molecule has 3 N–H and O–H groups in total. The third kappa shape index (κ3) is 2.89. The molecule has 0 unspecified atom stereocenters. The van der Waals surface area contributed by atoms with Gasteiger partial charge in [-0.3, -0.25) is 14.5 Å². The van der Waals surface area contributed by atoms with E-state index in [0.29, 0.717) is 17.3 Å². The van der Waals surface area contributed by atoms with Crippen LogP contribution in [0, 0.1) is 0 Å². The van der Waals surface area contributed by atoms with Gasteiger partial charge in [-0.1, -0.05) is 31.8 Å². The van der Waals surface area contributed by atoms with E-state index in [-0.39, 0.29) is 11.9 Å². The molecule has 0 saturated carbocycles. The zero-order chi connectivity index (χ0) is 16.7. The highest BCUT2D eigenvalue weighted by Gasteiger charge is 2.49.